The predicted molar refractivity (Wildman–Crippen MR) is 38.7 cm³/mol. The first-order chi connectivity index (χ1) is 4.52. The minimum absolute atomic E-state index is 0. The zero-order valence-electron chi connectivity index (χ0n) is 6.55. The zero-order valence-corrected chi connectivity index (χ0v) is 6.55. The van der Waals surface area contributed by atoms with Crippen LogP contribution in [0.5, 0.6) is 0 Å². The zero-order chi connectivity index (χ0) is 7.83. The van der Waals surface area contributed by atoms with Crippen molar-refractivity contribution in [2.24, 2.45) is 5.73 Å². The van der Waals surface area contributed by atoms with Crippen LogP contribution in [0, 0.1) is 0 Å². The van der Waals surface area contributed by atoms with Crippen molar-refractivity contribution in [3.63, 3.8) is 0 Å². The Kier molecular flexibility index (Phi) is 1.75. The highest BCUT2D eigenvalue weighted by Gasteiger charge is 2.46. The van der Waals surface area contributed by atoms with Gasteiger partial charge in [-0.3, -0.25) is 0 Å². The predicted octanol–water partition coefficient (Wildman–Crippen LogP) is -0.125. The number of rotatable bonds is 1. The Morgan fingerprint density at radius 3 is 2.40 bits per heavy atom. The minimum Gasteiger partial charge on any atom is -0.394 e. The van der Waals surface area contributed by atoms with Crippen LogP contribution in [0.3, 0.4) is 0 Å². The SMILES string of the molecule is CC1(C)OCCC1(N)CO. The molecule has 60 valence electrons. The summed E-state index contributed by atoms with van der Waals surface area (Å²) in [6.45, 7) is 4.48. The lowest BCUT2D eigenvalue weighted by atomic mass is 9.84. The molecule has 0 spiro atoms. The highest BCUT2D eigenvalue weighted by atomic mass is 16.5. The van der Waals surface area contributed by atoms with E-state index in [9.17, 15) is 0 Å². The van der Waals surface area contributed by atoms with Crippen molar-refractivity contribution in [2.75, 3.05) is 13.2 Å². The van der Waals surface area contributed by atoms with Gasteiger partial charge >= 0.3 is 0 Å². The lowest BCUT2D eigenvalue weighted by Crippen LogP contribution is -2.56. The Labute approximate surface area is 61.2 Å². The number of aliphatic hydroxyl groups excluding tert-OH is 1. The minimum atomic E-state index is -0.535. The van der Waals surface area contributed by atoms with Gasteiger partial charge in [0.15, 0.2) is 0 Å². The fourth-order valence-corrected chi connectivity index (χ4v) is 1.20. The molecule has 0 bridgehead atoms. The van der Waals surface area contributed by atoms with Crippen molar-refractivity contribution in [1.82, 2.24) is 0 Å². The van der Waals surface area contributed by atoms with E-state index >= 15 is 0 Å². The molecule has 3 N–H and O–H groups in total. The Balaban J connectivity index is 2.76. The van der Waals surface area contributed by atoms with Gasteiger partial charge in [-0.1, -0.05) is 0 Å². The summed E-state index contributed by atoms with van der Waals surface area (Å²) in [5.41, 5.74) is 4.95. The average molecular weight is 145 g/mol. The van der Waals surface area contributed by atoms with Gasteiger partial charge in [-0.15, -0.1) is 0 Å². The third-order valence-electron chi connectivity index (χ3n) is 2.49. The molecule has 0 aromatic heterocycles. The fraction of sp³-hybridized carbons (Fsp3) is 1.00. The summed E-state index contributed by atoms with van der Waals surface area (Å²) in [5.74, 6) is 0. The molecule has 0 radical (unpaired) electrons. The molecule has 0 amide bonds. The van der Waals surface area contributed by atoms with Crippen molar-refractivity contribution < 1.29 is 9.84 Å². The molecule has 0 saturated carbocycles. The molecule has 1 saturated heterocycles. The van der Waals surface area contributed by atoms with E-state index in [1.165, 1.54) is 0 Å². The van der Waals surface area contributed by atoms with Crippen LogP contribution in [-0.4, -0.2) is 29.5 Å². The average Bonchev–Trinajstić information content (AvgIpc) is 2.10. The van der Waals surface area contributed by atoms with Gasteiger partial charge in [-0.25, -0.2) is 0 Å². The molecule has 1 fully saturated rings. The summed E-state index contributed by atoms with van der Waals surface area (Å²) in [6, 6.07) is 0. The highest BCUT2D eigenvalue weighted by molar-refractivity contribution is 5.03. The van der Waals surface area contributed by atoms with Gasteiger partial charge in [0.1, 0.15) is 0 Å². The normalized spacial score (nSPS) is 38.4. The molecule has 0 aromatic carbocycles. The lowest BCUT2D eigenvalue weighted by Gasteiger charge is -2.34. The first-order valence-corrected chi connectivity index (χ1v) is 3.55. The van der Waals surface area contributed by atoms with Gasteiger partial charge in [0, 0.05) is 6.61 Å². The van der Waals surface area contributed by atoms with Crippen molar-refractivity contribution in [2.45, 2.75) is 31.4 Å². The summed E-state index contributed by atoms with van der Waals surface area (Å²) in [5, 5.41) is 8.96. The second-order valence-corrected chi connectivity index (χ2v) is 3.42. The Bertz CT molecular complexity index is 136. The van der Waals surface area contributed by atoms with Crippen LogP contribution in [-0.2, 0) is 4.74 Å². The van der Waals surface area contributed by atoms with Crippen LogP contribution < -0.4 is 5.73 Å². The van der Waals surface area contributed by atoms with E-state index in [1.54, 1.807) is 0 Å². The second-order valence-electron chi connectivity index (χ2n) is 3.42. The third-order valence-corrected chi connectivity index (χ3v) is 2.49. The molecule has 0 aromatic rings. The molecule has 1 heterocycles. The van der Waals surface area contributed by atoms with Crippen molar-refractivity contribution in [1.29, 1.82) is 0 Å². The van der Waals surface area contributed by atoms with Crippen LogP contribution in [0.25, 0.3) is 0 Å². The highest BCUT2D eigenvalue weighted by Crippen LogP contribution is 2.32. The van der Waals surface area contributed by atoms with E-state index in [4.69, 9.17) is 15.6 Å². The maximum atomic E-state index is 8.96. The van der Waals surface area contributed by atoms with Crippen LogP contribution >= 0.6 is 0 Å². The molecule has 0 aliphatic carbocycles. The van der Waals surface area contributed by atoms with Gasteiger partial charge in [0.25, 0.3) is 0 Å². The maximum Gasteiger partial charge on any atom is 0.0828 e. The second kappa shape index (κ2) is 2.19. The monoisotopic (exact) mass is 145 g/mol. The lowest BCUT2D eigenvalue weighted by molar-refractivity contribution is -0.0159. The smallest absolute Gasteiger partial charge is 0.0828 e. The number of ether oxygens (including phenoxy) is 1. The van der Waals surface area contributed by atoms with Gasteiger partial charge in [0.05, 0.1) is 17.7 Å². The van der Waals surface area contributed by atoms with E-state index in [0.29, 0.717) is 6.61 Å². The van der Waals surface area contributed by atoms with E-state index in [1.807, 2.05) is 13.8 Å². The molecule has 3 heteroatoms. The first-order valence-electron chi connectivity index (χ1n) is 3.55. The Hall–Kier alpha value is -0.120. The summed E-state index contributed by atoms with van der Waals surface area (Å²) in [7, 11) is 0. The molecule has 1 aliphatic heterocycles. The number of hydrogen-bond donors (Lipinski definition) is 2. The van der Waals surface area contributed by atoms with Crippen molar-refractivity contribution in [3.05, 3.63) is 0 Å². The molecule has 1 atom stereocenters. The topological polar surface area (TPSA) is 55.5 Å². The van der Waals surface area contributed by atoms with Crippen LogP contribution in [0.1, 0.15) is 20.3 Å². The largest absolute Gasteiger partial charge is 0.394 e. The van der Waals surface area contributed by atoms with Crippen molar-refractivity contribution >= 4 is 0 Å². The molecule has 3 nitrogen and oxygen atoms in total. The Morgan fingerprint density at radius 2 is 2.20 bits per heavy atom. The van der Waals surface area contributed by atoms with Gasteiger partial charge in [-0.2, -0.15) is 0 Å². The summed E-state index contributed by atoms with van der Waals surface area (Å²) in [4.78, 5) is 0. The standard InChI is InChI=1S/C7H15NO2/c1-6(2)7(8,5-9)3-4-10-6/h9H,3-5,8H2,1-2H3. The molecular formula is C7H15NO2. The van der Waals surface area contributed by atoms with Gasteiger partial charge < -0.3 is 15.6 Å². The quantitative estimate of drug-likeness (QED) is 0.540. The van der Waals surface area contributed by atoms with Gasteiger partial charge in [-0.05, 0) is 20.3 Å². The summed E-state index contributed by atoms with van der Waals surface area (Å²) in [6.07, 6.45) is 0.747. The number of aliphatic hydroxyl groups is 1. The first kappa shape index (κ1) is 7.98. The van der Waals surface area contributed by atoms with E-state index in [-0.39, 0.29) is 12.2 Å². The van der Waals surface area contributed by atoms with E-state index in [2.05, 4.69) is 0 Å². The number of hydrogen-bond acceptors (Lipinski definition) is 3. The number of nitrogens with two attached hydrogens (primary N) is 1. The fourth-order valence-electron chi connectivity index (χ4n) is 1.20. The molecular weight excluding hydrogens is 130 g/mol. The van der Waals surface area contributed by atoms with Crippen LogP contribution in [0.15, 0.2) is 0 Å². The summed E-state index contributed by atoms with van der Waals surface area (Å²) < 4.78 is 5.36. The van der Waals surface area contributed by atoms with Crippen LogP contribution in [0.2, 0.25) is 0 Å². The van der Waals surface area contributed by atoms with Crippen molar-refractivity contribution in [3.8, 4) is 0 Å². The van der Waals surface area contributed by atoms with E-state index in [0.717, 1.165) is 6.42 Å². The Morgan fingerprint density at radius 1 is 1.60 bits per heavy atom. The summed E-state index contributed by atoms with van der Waals surface area (Å²) >= 11 is 0. The maximum absolute atomic E-state index is 8.96. The van der Waals surface area contributed by atoms with Gasteiger partial charge in [0.2, 0.25) is 0 Å². The van der Waals surface area contributed by atoms with E-state index < -0.39 is 5.54 Å². The third kappa shape index (κ3) is 0.944. The molecule has 10 heavy (non-hydrogen) atoms. The van der Waals surface area contributed by atoms with Crippen LogP contribution in [0.4, 0.5) is 0 Å². The molecule has 1 rings (SSSR count). The molecule has 1 unspecified atom stereocenters. The molecule has 1 aliphatic rings.